The SMILES string of the molecule is Cc1ccc(C(=C2[C@H]3C=C[C@@H]2[C@H]2C(=O)N(Cc4ccccc4)C(=O)[C@@H]23)c2ccc(C)cc2)cc1. The molecule has 0 aromatic heterocycles. The van der Waals surface area contributed by atoms with Crippen molar-refractivity contribution in [1.29, 1.82) is 0 Å². The molecule has 3 nitrogen and oxygen atoms in total. The van der Waals surface area contributed by atoms with Crippen molar-refractivity contribution in [2.45, 2.75) is 20.4 Å². The molecule has 34 heavy (non-hydrogen) atoms. The van der Waals surface area contributed by atoms with Crippen molar-refractivity contribution < 1.29 is 9.59 Å². The largest absolute Gasteiger partial charge is 0.278 e. The summed E-state index contributed by atoms with van der Waals surface area (Å²) in [5.41, 5.74) is 8.09. The first-order valence-corrected chi connectivity index (χ1v) is 12.0. The Morgan fingerprint density at radius 1 is 0.676 bits per heavy atom. The van der Waals surface area contributed by atoms with Crippen LogP contribution in [0.4, 0.5) is 0 Å². The van der Waals surface area contributed by atoms with Crippen LogP contribution in [0, 0.1) is 37.5 Å². The van der Waals surface area contributed by atoms with Crippen LogP contribution in [-0.4, -0.2) is 16.7 Å². The quantitative estimate of drug-likeness (QED) is 0.380. The van der Waals surface area contributed by atoms with E-state index in [1.165, 1.54) is 27.2 Å². The molecule has 2 bridgehead atoms. The van der Waals surface area contributed by atoms with Crippen molar-refractivity contribution in [1.82, 2.24) is 4.90 Å². The van der Waals surface area contributed by atoms with Gasteiger partial charge >= 0.3 is 0 Å². The van der Waals surface area contributed by atoms with Gasteiger partial charge in [-0.05, 0) is 41.7 Å². The predicted octanol–water partition coefficient (Wildman–Crippen LogP) is 5.72. The lowest BCUT2D eigenvalue weighted by molar-refractivity contribution is -0.141. The molecule has 4 atom stereocenters. The van der Waals surface area contributed by atoms with E-state index in [4.69, 9.17) is 0 Å². The zero-order valence-corrected chi connectivity index (χ0v) is 19.4. The molecule has 2 aliphatic carbocycles. The zero-order chi connectivity index (χ0) is 23.4. The Balaban J connectivity index is 1.44. The number of carbonyl (C=O) groups is 2. The van der Waals surface area contributed by atoms with E-state index in [0.717, 1.165) is 16.7 Å². The Bertz CT molecular complexity index is 1250. The maximum Gasteiger partial charge on any atom is 0.234 e. The minimum Gasteiger partial charge on any atom is -0.278 e. The van der Waals surface area contributed by atoms with Crippen molar-refractivity contribution in [3.8, 4) is 0 Å². The smallest absolute Gasteiger partial charge is 0.234 e. The van der Waals surface area contributed by atoms with Gasteiger partial charge in [0.1, 0.15) is 0 Å². The van der Waals surface area contributed by atoms with Crippen molar-refractivity contribution in [3.05, 3.63) is 124 Å². The van der Waals surface area contributed by atoms with E-state index in [0.29, 0.717) is 6.54 Å². The summed E-state index contributed by atoms with van der Waals surface area (Å²) in [6.45, 7) is 4.53. The van der Waals surface area contributed by atoms with E-state index in [-0.39, 0.29) is 35.5 Å². The molecule has 168 valence electrons. The molecule has 1 heterocycles. The summed E-state index contributed by atoms with van der Waals surface area (Å²) in [6.07, 6.45) is 4.33. The van der Waals surface area contributed by atoms with Gasteiger partial charge in [0.25, 0.3) is 0 Å². The van der Waals surface area contributed by atoms with Gasteiger partial charge in [0.2, 0.25) is 11.8 Å². The second-order valence-electron chi connectivity index (χ2n) is 9.80. The summed E-state index contributed by atoms with van der Waals surface area (Å²) in [4.78, 5) is 28.6. The highest BCUT2D eigenvalue weighted by Gasteiger charge is 2.62. The fourth-order valence-corrected chi connectivity index (χ4v) is 6.02. The van der Waals surface area contributed by atoms with Crippen LogP contribution in [0.5, 0.6) is 0 Å². The third-order valence-electron chi connectivity index (χ3n) is 7.66. The molecule has 1 saturated heterocycles. The standard InChI is InChI=1S/C31H27NO2/c1-19-8-12-22(13-9-19)26(23-14-10-20(2)11-15-23)27-24-16-17-25(27)29-28(24)30(33)32(31(29)34)18-21-6-4-3-5-7-21/h3-17,24-25,28-29H,18H2,1-2H3/t24-,25+,28-,29-/m1/s1. The molecule has 0 radical (unpaired) electrons. The topological polar surface area (TPSA) is 37.4 Å². The van der Waals surface area contributed by atoms with E-state index in [9.17, 15) is 9.59 Å². The van der Waals surface area contributed by atoms with Crippen LogP contribution in [0.2, 0.25) is 0 Å². The summed E-state index contributed by atoms with van der Waals surface area (Å²) >= 11 is 0. The molecule has 0 N–H and O–H groups in total. The number of fused-ring (bicyclic) bond motifs is 5. The van der Waals surface area contributed by atoms with E-state index in [1.54, 1.807) is 0 Å². The number of hydrogen-bond donors (Lipinski definition) is 0. The number of nitrogens with zero attached hydrogens (tertiary/aromatic N) is 1. The van der Waals surface area contributed by atoms with Gasteiger partial charge in [-0.2, -0.15) is 0 Å². The monoisotopic (exact) mass is 445 g/mol. The number of carbonyl (C=O) groups excluding carboxylic acids is 2. The van der Waals surface area contributed by atoms with Crippen molar-refractivity contribution in [3.63, 3.8) is 0 Å². The number of rotatable bonds is 4. The Morgan fingerprint density at radius 2 is 1.15 bits per heavy atom. The molecule has 1 aliphatic heterocycles. The fourth-order valence-electron chi connectivity index (χ4n) is 6.02. The summed E-state index contributed by atoms with van der Waals surface area (Å²) in [7, 11) is 0. The first-order chi connectivity index (χ1) is 16.5. The molecule has 2 fully saturated rings. The van der Waals surface area contributed by atoms with E-state index in [2.05, 4.69) is 74.5 Å². The molecule has 3 aromatic carbocycles. The zero-order valence-electron chi connectivity index (χ0n) is 19.4. The molecular formula is C31H27NO2. The third-order valence-corrected chi connectivity index (χ3v) is 7.66. The average Bonchev–Trinajstić information content (AvgIpc) is 3.48. The Hall–Kier alpha value is -3.72. The second kappa shape index (κ2) is 7.95. The number of aryl methyl sites for hydroxylation is 2. The normalized spacial score (nSPS) is 24.8. The Labute approximate surface area is 200 Å². The highest BCUT2D eigenvalue weighted by molar-refractivity contribution is 6.08. The lowest BCUT2D eigenvalue weighted by Gasteiger charge is -2.22. The number of hydrogen-bond acceptors (Lipinski definition) is 2. The van der Waals surface area contributed by atoms with Crippen molar-refractivity contribution in [2.75, 3.05) is 0 Å². The van der Waals surface area contributed by atoms with Gasteiger partial charge in [-0.1, -0.05) is 102 Å². The van der Waals surface area contributed by atoms with Gasteiger partial charge < -0.3 is 0 Å². The third kappa shape index (κ3) is 3.19. The van der Waals surface area contributed by atoms with Gasteiger partial charge in [0.15, 0.2) is 0 Å². The summed E-state index contributed by atoms with van der Waals surface area (Å²) in [6, 6.07) is 27.0. The van der Waals surface area contributed by atoms with Crippen LogP contribution in [0.25, 0.3) is 5.57 Å². The van der Waals surface area contributed by atoms with Crippen LogP contribution in [0.15, 0.2) is 96.6 Å². The summed E-state index contributed by atoms with van der Waals surface area (Å²) in [5.74, 6) is -0.727. The van der Waals surface area contributed by atoms with Gasteiger partial charge in [-0.25, -0.2) is 0 Å². The number of likely N-dealkylation sites (tertiary alicyclic amines) is 1. The molecular weight excluding hydrogens is 418 g/mol. The molecule has 3 aliphatic rings. The van der Waals surface area contributed by atoms with Crippen LogP contribution < -0.4 is 0 Å². The maximum atomic E-state index is 13.6. The van der Waals surface area contributed by atoms with Gasteiger partial charge in [0.05, 0.1) is 18.4 Å². The fraction of sp³-hybridized carbons (Fsp3) is 0.226. The molecule has 1 saturated carbocycles. The van der Waals surface area contributed by atoms with Gasteiger partial charge in [-0.15, -0.1) is 0 Å². The predicted molar refractivity (Wildman–Crippen MR) is 133 cm³/mol. The molecule has 3 aromatic rings. The minimum absolute atomic E-state index is 0.0274. The number of allylic oxidation sites excluding steroid dienone is 3. The highest BCUT2D eigenvalue weighted by atomic mass is 16.2. The minimum atomic E-state index is -0.299. The lowest BCUT2D eigenvalue weighted by atomic mass is 9.85. The number of benzene rings is 3. The Morgan fingerprint density at radius 3 is 1.62 bits per heavy atom. The first-order valence-electron chi connectivity index (χ1n) is 12.0. The summed E-state index contributed by atoms with van der Waals surface area (Å²) < 4.78 is 0. The molecule has 6 rings (SSSR count). The van der Waals surface area contributed by atoms with E-state index >= 15 is 0 Å². The van der Waals surface area contributed by atoms with Crippen LogP contribution in [0.1, 0.15) is 27.8 Å². The first kappa shape index (κ1) is 20.9. The van der Waals surface area contributed by atoms with Crippen LogP contribution in [0.3, 0.4) is 0 Å². The lowest BCUT2D eigenvalue weighted by Crippen LogP contribution is -2.32. The molecule has 0 unspecified atom stereocenters. The van der Waals surface area contributed by atoms with Crippen molar-refractivity contribution >= 4 is 17.4 Å². The van der Waals surface area contributed by atoms with Gasteiger partial charge in [0, 0.05) is 11.8 Å². The average molecular weight is 446 g/mol. The maximum absolute atomic E-state index is 13.6. The molecule has 3 heteroatoms. The van der Waals surface area contributed by atoms with Crippen LogP contribution >= 0.6 is 0 Å². The van der Waals surface area contributed by atoms with Gasteiger partial charge in [-0.3, -0.25) is 14.5 Å². The van der Waals surface area contributed by atoms with E-state index < -0.39 is 0 Å². The second-order valence-corrected chi connectivity index (χ2v) is 9.80. The van der Waals surface area contributed by atoms with Crippen LogP contribution in [-0.2, 0) is 16.1 Å². The van der Waals surface area contributed by atoms with Crippen molar-refractivity contribution in [2.24, 2.45) is 23.7 Å². The highest BCUT2D eigenvalue weighted by Crippen LogP contribution is 2.58. The summed E-state index contributed by atoms with van der Waals surface area (Å²) in [5, 5.41) is 0. The number of imide groups is 1. The van der Waals surface area contributed by atoms with E-state index in [1.807, 2.05) is 30.3 Å². The molecule has 0 spiro atoms. The number of amides is 2. The Kier molecular flexibility index (Phi) is 4.88. The molecule has 2 amide bonds.